The van der Waals surface area contributed by atoms with Gasteiger partial charge in [0.15, 0.2) is 6.04 Å². The summed E-state index contributed by atoms with van der Waals surface area (Å²) >= 11 is 0. The minimum atomic E-state index is -1.13. The quantitative estimate of drug-likeness (QED) is 0.800. The first-order valence-corrected chi connectivity index (χ1v) is 9.88. The number of nitrogens with zero attached hydrogens (tertiary/aromatic N) is 2. The molecule has 0 radical (unpaired) electrons. The van der Waals surface area contributed by atoms with E-state index in [4.69, 9.17) is 0 Å². The van der Waals surface area contributed by atoms with E-state index >= 15 is 0 Å². The van der Waals surface area contributed by atoms with Crippen molar-refractivity contribution in [1.29, 1.82) is 0 Å². The molecular formula is C23H23N3O4. The lowest BCUT2D eigenvalue weighted by Gasteiger charge is -2.33. The van der Waals surface area contributed by atoms with E-state index < -0.39 is 18.1 Å². The Kier molecular flexibility index (Phi) is 5.03. The van der Waals surface area contributed by atoms with Crippen LogP contribution in [0.2, 0.25) is 0 Å². The topological polar surface area (TPSA) is 90.0 Å². The summed E-state index contributed by atoms with van der Waals surface area (Å²) in [4.78, 5) is 41.3. The van der Waals surface area contributed by atoms with Gasteiger partial charge in [-0.25, -0.2) is 9.59 Å². The minimum absolute atomic E-state index is 0.0730. The van der Waals surface area contributed by atoms with Gasteiger partial charge in [0.05, 0.1) is 23.9 Å². The van der Waals surface area contributed by atoms with Crippen LogP contribution in [-0.2, 0) is 9.59 Å². The van der Waals surface area contributed by atoms with Crippen LogP contribution in [0, 0.1) is 6.92 Å². The highest BCUT2D eigenvalue weighted by Crippen LogP contribution is 2.39. The molecule has 2 aromatic rings. The Hall–Kier alpha value is -3.61. The van der Waals surface area contributed by atoms with Crippen LogP contribution in [0.25, 0.3) is 0 Å². The monoisotopic (exact) mass is 405 g/mol. The minimum Gasteiger partial charge on any atom is -0.479 e. The number of carbonyl (C=O) groups excluding carboxylic acids is 2. The van der Waals surface area contributed by atoms with Gasteiger partial charge in [-0.05, 0) is 25.0 Å². The Morgan fingerprint density at radius 2 is 1.90 bits per heavy atom. The molecule has 7 heteroatoms. The van der Waals surface area contributed by atoms with Crippen LogP contribution in [0.4, 0.5) is 4.79 Å². The molecule has 0 aromatic heterocycles. The van der Waals surface area contributed by atoms with Crippen LogP contribution < -0.4 is 5.32 Å². The molecule has 4 rings (SSSR count). The van der Waals surface area contributed by atoms with Crippen molar-refractivity contribution in [3.8, 4) is 0 Å². The van der Waals surface area contributed by atoms with E-state index in [0.29, 0.717) is 23.4 Å². The van der Waals surface area contributed by atoms with Crippen LogP contribution >= 0.6 is 0 Å². The molecular weight excluding hydrogens is 382 g/mol. The van der Waals surface area contributed by atoms with Gasteiger partial charge < -0.3 is 15.3 Å². The molecule has 2 unspecified atom stereocenters. The van der Waals surface area contributed by atoms with Gasteiger partial charge >= 0.3 is 12.0 Å². The molecule has 30 heavy (non-hydrogen) atoms. The van der Waals surface area contributed by atoms with Crippen LogP contribution in [0.15, 0.2) is 65.9 Å². The Balaban J connectivity index is 1.79. The maximum atomic E-state index is 13.5. The largest absolute Gasteiger partial charge is 0.479 e. The second kappa shape index (κ2) is 7.67. The molecule has 3 amide bonds. The second-order valence-electron chi connectivity index (χ2n) is 7.49. The highest BCUT2D eigenvalue weighted by molar-refractivity contribution is 6.03. The van der Waals surface area contributed by atoms with E-state index in [-0.39, 0.29) is 18.5 Å². The Labute approximate surface area is 174 Å². The average molecular weight is 405 g/mol. The maximum absolute atomic E-state index is 13.5. The predicted molar refractivity (Wildman–Crippen MR) is 110 cm³/mol. The number of nitrogens with one attached hydrogen (secondary N) is 1. The number of likely N-dealkylation sites (N-methyl/N-ethyl adjacent to an activating group) is 1. The van der Waals surface area contributed by atoms with E-state index in [9.17, 15) is 19.5 Å². The number of aliphatic carboxylic acids is 1. The van der Waals surface area contributed by atoms with Gasteiger partial charge in [-0.2, -0.15) is 0 Å². The summed E-state index contributed by atoms with van der Waals surface area (Å²) in [7, 11) is 0. The summed E-state index contributed by atoms with van der Waals surface area (Å²) in [6.45, 7) is 4.23. The molecule has 0 spiro atoms. The second-order valence-corrected chi connectivity index (χ2v) is 7.49. The molecule has 0 bridgehead atoms. The highest BCUT2D eigenvalue weighted by atomic mass is 16.4. The predicted octanol–water partition coefficient (Wildman–Crippen LogP) is 3.00. The van der Waals surface area contributed by atoms with Crippen LogP contribution in [0.3, 0.4) is 0 Å². The third kappa shape index (κ3) is 3.22. The van der Waals surface area contributed by atoms with Gasteiger partial charge in [0, 0.05) is 6.54 Å². The smallest absolute Gasteiger partial charge is 0.331 e. The third-order valence-corrected chi connectivity index (χ3v) is 5.60. The van der Waals surface area contributed by atoms with Gasteiger partial charge in [0.25, 0.3) is 5.91 Å². The molecule has 2 atom stereocenters. The van der Waals surface area contributed by atoms with Gasteiger partial charge in [-0.3, -0.25) is 9.69 Å². The molecule has 0 aliphatic carbocycles. The summed E-state index contributed by atoms with van der Waals surface area (Å²) < 4.78 is 0. The van der Waals surface area contributed by atoms with E-state index in [2.05, 4.69) is 5.32 Å². The van der Waals surface area contributed by atoms with Crippen molar-refractivity contribution in [3.63, 3.8) is 0 Å². The van der Waals surface area contributed by atoms with Gasteiger partial charge in [0.1, 0.15) is 0 Å². The lowest BCUT2D eigenvalue weighted by molar-refractivity contribution is -0.148. The first kappa shape index (κ1) is 19.7. The number of rotatable bonds is 5. The lowest BCUT2D eigenvalue weighted by Crippen LogP contribution is -2.47. The van der Waals surface area contributed by atoms with Crippen molar-refractivity contribution in [2.24, 2.45) is 0 Å². The number of aryl methyl sites for hydroxylation is 1. The van der Waals surface area contributed by atoms with Crippen LogP contribution in [0.1, 0.15) is 35.7 Å². The number of amides is 3. The summed E-state index contributed by atoms with van der Waals surface area (Å²) in [5.41, 5.74) is 3.34. The molecule has 0 fully saturated rings. The first-order chi connectivity index (χ1) is 14.4. The third-order valence-electron chi connectivity index (χ3n) is 5.60. The van der Waals surface area contributed by atoms with Crippen LogP contribution in [0.5, 0.6) is 0 Å². The summed E-state index contributed by atoms with van der Waals surface area (Å²) in [5.74, 6) is -1.48. The number of carbonyl (C=O) groups is 3. The van der Waals surface area contributed by atoms with Gasteiger partial charge in [0.2, 0.25) is 0 Å². The SMILES string of the molecule is CCN1C(=O)NC(c2cccc(C)c2)C2=C1CN(C(C(=O)O)c1ccccc1)C2=O. The van der Waals surface area contributed by atoms with E-state index in [1.807, 2.05) is 38.1 Å². The molecule has 0 saturated heterocycles. The molecule has 2 aromatic carbocycles. The van der Waals surface area contributed by atoms with Crippen molar-refractivity contribution in [2.75, 3.05) is 13.1 Å². The zero-order valence-corrected chi connectivity index (χ0v) is 16.8. The maximum Gasteiger partial charge on any atom is 0.331 e. The van der Waals surface area contributed by atoms with E-state index in [1.54, 1.807) is 30.3 Å². The Morgan fingerprint density at radius 3 is 2.53 bits per heavy atom. The molecule has 2 heterocycles. The molecule has 154 valence electrons. The van der Waals surface area contributed by atoms with Crippen molar-refractivity contribution in [3.05, 3.63) is 82.6 Å². The number of hydrogen-bond donors (Lipinski definition) is 2. The summed E-state index contributed by atoms with van der Waals surface area (Å²) in [6, 6.07) is 14.3. The fourth-order valence-electron chi connectivity index (χ4n) is 4.25. The number of hydrogen-bond acceptors (Lipinski definition) is 3. The number of urea groups is 1. The molecule has 2 aliphatic rings. The van der Waals surface area contributed by atoms with Gasteiger partial charge in [-0.15, -0.1) is 0 Å². The fraction of sp³-hybridized carbons (Fsp3) is 0.261. The molecule has 2 aliphatic heterocycles. The van der Waals surface area contributed by atoms with Crippen molar-refractivity contribution < 1.29 is 19.5 Å². The zero-order chi connectivity index (χ0) is 21.4. The fourth-order valence-corrected chi connectivity index (χ4v) is 4.25. The summed E-state index contributed by atoms with van der Waals surface area (Å²) in [6.07, 6.45) is 0. The van der Waals surface area contributed by atoms with E-state index in [1.165, 1.54) is 9.80 Å². The highest BCUT2D eigenvalue weighted by Gasteiger charge is 2.47. The first-order valence-electron chi connectivity index (χ1n) is 9.88. The molecule has 0 saturated carbocycles. The Morgan fingerprint density at radius 1 is 1.17 bits per heavy atom. The number of benzene rings is 2. The van der Waals surface area contributed by atoms with Crippen LogP contribution in [-0.4, -0.2) is 45.9 Å². The number of carboxylic acids is 1. The van der Waals surface area contributed by atoms with E-state index in [0.717, 1.165) is 11.1 Å². The molecule has 2 N–H and O–H groups in total. The zero-order valence-electron chi connectivity index (χ0n) is 16.8. The molecule has 7 nitrogen and oxygen atoms in total. The normalized spacial score (nSPS) is 19.6. The number of carboxylic acid groups (broad SMARTS) is 1. The van der Waals surface area contributed by atoms with Crippen molar-refractivity contribution >= 4 is 17.9 Å². The Bertz CT molecular complexity index is 1050. The lowest BCUT2D eigenvalue weighted by atomic mass is 9.94. The van der Waals surface area contributed by atoms with Crippen molar-refractivity contribution in [1.82, 2.24) is 15.1 Å². The summed E-state index contributed by atoms with van der Waals surface area (Å²) in [5, 5.41) is 12.8. The standard InChI is InChI=1S/C23H23N3O4/c1-3-25-17-13-26(20(22(28)29)15-9-5-4-6-10-15)21(27)18(17)19(24-23(25)30)16-11-7-8-14(2)12-16/h4-12,19-20H,3,13H2,1-2H3,(H,24,30)(H,28,29). The average Bonchev–Trinajstić information content (AvgIpc) is 3.05. The van der Waals surface area contributed by atoms with Gasteiger partial charge in [-0.1, -0.05) is 60.2 Å². The van der Waals surface area contributed by atoms with Crippen molar-refractivity contribution in [2.45, 2.75) is 25.9 Å².